The highest BCUT2D eigenvalue weighted by atomic mass is 15.2. The number of rotatable bonds is 4. The van der Waals surface area contributed by atoms with Crippen LogP contribution in [0.25, 0.3) is 0 Å². The van der Waals surface area contributed by atoms with Crippen molar-refractivity contribution in [3.8, 4) is 0 Å². The molecular formula is C13H21N3. The molecule has 1 N–H and O–H groups in total. The Balaban J connectivity index is 1.94. The first kappa shape index (κ1) is 11.6. The summed E-state index contributed by atoms with van der Waals surface area (Å²) in [4.78, 5) is 6.95. The minimum Gasteiger partial charge on any atom is -0.317 e. The van der Waals surface area contributed by atoms with Gasteiger partial charge < -0.3 is 5.32 Å². The minimum absolute atomic E-state index is 0.730. The van der Waals surface area contributed by atoms with Crippen LogP contribution in [0.15, 0.2) is 24.4 Å². The van der Waals surface area contributed by atoms with Gasteiger partial charge in [0.25, 0.3) is 0 Å². The fraction of sp³-hybridized carbons (Fsp3) is 0.615. The molecule has 0 aromatic carbocycles. The van der Waals surface area contributed by atoms with Crippen LogP contribution < -0.4 is 5.32 Å². The third-order valence-corrected chi connectivity index (χ3v) is 3.32. The number of pyridine rings is 1. The van der Waals surface area contributed by atoms with Gasteiger partial charge in [0, 0.05) is 18.8 Å². The van der Waals surface area contributed by atoms with E-state index < -0.39 is 0 Å². The van der Waals surface area contributed by atoms with Gasteiger partial charge >= 0.3 is 0 Å². The van der Waals surface area contributed by atoms with Crippen molar-refractivity contribution < 1.29 is 0 Å². The van der Waals surface area contributed by atoms with Crippen LogP contribution in [0.2, 0.25) is 0 Å². The lowest BCUT2D eigenvalue weighted by molar-refractivity contribution is 0.160. The normalized spacial score (nSPS) is 17.9. The Labute approximate surface area is 97.9 Å². The monoisotopic (exact) mass is 219 g/mol. The molecule has 88 valence electrons. The van der Waals surface area contributed by atoms with Crippen LogP contribution in [-0.4, -0.2) is 35.6 Å². The van der Waals surface area contributed by atoms with Crippen molar-refractivity contribution in [3.05, 3.63) is 30.1 Å². The van der Waals surface area contributed by atoms with Crippen molar-refractivity contribution >= 4 is 0 Å². The summed E-state index contributed by atoms with van der Waals surface area (Å²) in [6.07, 6.45) is 4.41. The van der Waals surface area contributed by atoms with E-state index in [1.165, 1.54) is 18.5 Å². The van der Waals surface area contributed by atoms with Crippen molar-refractivity contribution in [2.45, 2.75) is 32.4 Å². The molecule has 0 unspecified atom stereocenters. The fourth-order valence-electron chi connectivity index (χ4n) is 2.37. The standard InChI is InChI=1S/C13H21N3/c1-2-16(13-6-9-14-10-7-13)11-12-5-3-4-8-15-12/h3-5,8,13-14H,2,6-7,9-11H2,1H3. The summed E-state index contributed by atoms with van der Waals surface area (Å²) in [6, 6.07) is 6.89. The highest BCUT2D eigenvalue weighted by Crippen LogP contribution is 2.14. The van der Waals surface area contributed by atoms with Gasteiger partial charge in [-0.15, -0.1) is 0 Å². The van der Waals surface area contributed by atoms with E-state index in [1.54, 1.807) is 0 Å². The van der Waals surface area contributed by atoms with Crippen LogP contribution in [-0.2, 0) is 6.54 Å². The second kappa shape index (κ2) is 5.97. The number of hydrogen-bond donors (Lipinski definition) is 1. The van der Waals surface area contributed by atoms with Crippen LogP contribution >= 0.6 is 0 Å². The summed E-state index contributed by atoms with van der Waals surface area (Å²) in [7, 11) is 0. The molecule has 16 heavy (non-hydrogen) atoms. The smallest absolute Gasteiger partial charge is 0.0544 e. The first-order valence-corrected chi connectivity index (χ1v) is 6.25. The van der Waals surface area contributed by atoms with Crippen molar-refractivity contribution in [1.29, 1.82) is 0 Å². The summed E-state index contributed by atoms with van der Waals surface area (Å²) in [6.45, 7) is 6.65. The van der Waals surface area contributed by atoms with Gasteiger partial charge in [-0.2, -0.15) is 0 Å². The maximum Gasteiger partial charge on any atom is 0.0544 e. The van der Waals surface area contributed by atoms with Crippen molar-refractivity contribution in [1.82, 2.24) is 15.2 Å². The van der Waals surface area contributed by atoms with Gasteiger partial charge in [0.2, 0.25) is 0 Å². The molecule has 2 rings (SSSR count). The topological polar surface area (TPSA) is 28.2 Å². The molecule has 3 nitrogen and oxygen atoms in total. The maximum absolute atomic E-state index is 4.40. The molecule has 0 radical (unpaired) electrons. The number of piperidine rings is 1. The predicted molar refractivity (Wildman–Crippen MR) is 66.2 cm³/mol. The predicted octanol–water partition coefficient (Wildman–Crippen LogP) is 1.66. The third-order valence-electron chi connectivity index (χ3n) is 3.32. The van der Waals surface area contributed by atoms with Gasteiger partial charge in [-0.1, -0.05) is 13.0 Å². The molecule has 1 aromatic rings. The molecule has 1 fully saturated rings. The van der Waals surface area contributed by atoms with Crippen LogP contribution in [0.4, 0.5) is 0 Å². The Bertz CT molecular complexity index is 293. The van der Waals surface area contributed by atoms with Gasteiger partial charge in [-0.25, -0.2) is 0 Å². The summed E-state index contributed by atoms with van der Waals surface area (Å²) < 4.78 is 0. The maximum atomic E-state index is 4.40. The lowest BCUT2D eigenvalue weighted by atomic mass is 10.0. The van der Waals surface area contributed by atoms with Gasteiger partial charge in [0.1, 0.15) is 0 Å². The van der Waals surface area contributed by atoms with Crippen LogP contribution in [0, 0.1) is 0 Å². The second-order valence-electron chi connectivity index (χ2n) is 4.37. The lowest BCUT2D eigenvalue weighted by Gasteiger charge is -2.33. The van der Waals surface area contributed by atoms with E-state index in [9.17, 15) is 0 Å². The Kier molecular flexibility index (Phi) is 4.31. The summed E-state index contributed by atoms with van der Waals surface area (Å²) in [5, 5.41) is 3.42. The highest BCUT2D eigenvalue weighted by molar-refractivity contribution is 5.03. The molecule has 0 spiro atoms. The number of nitrogens with one attached hydrogen (secondary N) is 1. The Morgan fingerprint density at radius 2 is 2.19 bits per heavy atom. The largest absolute Gasteiger partial charge is 0.317 e. The van der Waals surface area contributed by atoms with E-state index in [1.807, 2.05) is 12.3 Å². The molecule has 2 heterocycles. The zero-order chi connectivity index (χ0) is 11.2. The third kappa shape index (κ3) is 3.03. The number of nitrogens with zero attached hydrogens (tertiary/aromatic N) is 2. The molecule has 0 aliphatic carbocycles. The molecule has 1 saturated heterocycles. The summed E-state index contributed by atoms with van der Waals surface area (Å²) in [5.41, 5.74) is 1.18. The molecule has 0 bridgehead atoms. The zero-order valence-electron chi connectivity index (χ0n) is 10.0. The van der Waals surface area contributed by atoms with Gasteiger partial charge in [0.15, 0.2) is 0 Å². The van der Waals surface area contributed by atoms with E-state index in [-0.39, 0.29) is 0 Å². The molecule has 0 atom stereocenters. The SMILES string of the molecule is CCN(Cc1ccccn1)C1CCNCC1. The average molecular weight is 219 g/mol. The first-order valence-electron chi connectivity index (χ1n) is 6.25. The molecule has 3 heteroatoms. The Hall–Kier alpha value is -0.930. The zero-order valence-corrected chi connectivity index (χ0v) is 10.0. The summed E-state index contributed by atoms with van der Waals surface area (Å²) in [5.74, 6) is 0. The molecule has 1 aliphatic heterocycles. The van der Waals surface area contributed by atoms with Gasteiger partial charge in [-0.3, -0.25) is 9.88 Å². The lowest BCUT2D eigenvalue weighted by Crippen LogP contribution is -2.42. The molecule has 1 aliphatic rings. The minimum atomic E-state index is 0.730. The van der Waals surface area contributed by atoms with E-state index in [0.717, 1.165) is 32.2 Å². The second-order valence-corrected chi connectivity index (χ2v) is 4.37. The molecule has 0 saturated carbocycles. The Morgan fingerprint density at radius 3 is 2.81 bits per heavy atom. The summed E-state index contributed by atoms with van der Waals surface area (Å²) >= 11 is 0. The van der Waals surface area contributed by atoms with Crippen LogP contribution in [0.5, 0.6) is 0 Å². The van der Waals surface area contributed by atoms with Crippen LogP contribution in [0.3, 0.4) is 0 Å². The number of aromatic nitrogens is 1. The van der Waals surface area contributed by atoms with Crippen molar-refractivity contribution in [2.24, 2.45) is 0 Å². The highest BCUT2D eigenvalue weighted by Gasteiger charge is 2.19. The van der Waals surface area contributed by atoms with Gasteiger partial charge in [-0.05, 0) is 44.6 Å². The van der Waals surface area contributed by atoms with Crippen LogP contribution in [0.1, 0.15) is 25.5 Å². The molecular weight excluding hydrogens is 198 g/mol. The van der Waals surface area contributed by atoms with Crippen molar-refractivity contribution in [3.63, 3.8) is 0 Å². The molecule has 1 aromatic heterocycles. The van der Waals surface area contributed by atoms with E-state index in [2.05, 4.69) is 34.3 Å². The molecule has 0 amide bonds. The average Bonchev–Trinajstić information content (AvgIpc) is 2.38. The van der Waals surface area contributed by atoms with Gasteiger partial charge in [0.05, 0.1) is 5.69 Å². The van der Waals surface area contributed by atoms with E-state index in [4.69, 9.17) is 0 Å². The van der Waals surface area contributed by atoms with E-state index >= 15 is 0 Å². The van der Waals surface area contributed by atoms with E-state index in [0.29, 0.717) is 0 Å². The van der Waals surface area contributed by atoms with Crippen molar-refractivity contribution in [2.75, 3.05) is 19.6 Å². The first-order chi connectivity index (χ1) is 7.90. The fourth-order valence-corrected chi connectivity index (χ4v) is 2.37. The quantitative estimate of drug-likeness (QED) is 0.834. The Morgan fingerprint density at radius 1 is 1.38 bits per heavy atom. The number of hydrogen-bond acceptors (Lipinski definition) is 3.